The van der Waals surface area contributed by atoms with Gasteiger partial charge in [-0.05, 0) is 18.2 Å². The van der Waals surface area contributed by atoms with E-state index >= 15 is 0 Å². The van der Waals surface area contributed by atoms with E-state index in [1.54, 1.807) is 18.2 Å². The van der Waals surface area contributed by atoms with Crippen LogP contribution in [0.1, 0.15) is 10.4 Å². The molecule has 1 amide bonds. The number of nitro benzene ring substituents is 1. The monoisotopic (exact) mass is 439 g/mol. The second-order valence-corrected chi connectivity index (χ2v) is 6.26. The average Bonchev–Trinajstić information content (AvgIpc) is 3.25. The number of nitrogens with zero attached hydrogens (tertiary/aromatic N) is 4. The molecule has 0 aliphatic carbocycles. The highest BCUT2D eigenvalue weighted by atomic mass is 16.7. The summed E-state index contributed by atoms with van der Waals surface area (Å²) in [7, 11) is 0. The first-order chi connectivity index (χ1) is 15.4. The van der Waals surface area contributed by atoms with E-state index in [1.165, 1.54) is 18.2 Å². The molecule has 14 heteroatoms. The lowest BCUT2D eigenvalue weighted by molar-refractivity contribution is -0.384. The molecule has 0 bridgehead atoms. The zero-order valence-electron chi connectivity index (χ0n) is 16.0. The molecular weight excluding hydrogens is 426 g/mol. The Morgan fingerprint density at radius 1 is 0.969 bits per heavy atom. The number of nitrogens with one attached hydrogen (secondary N) is 3. The topological polar surface area (TPSA) is 184 Å². The minimum atomic E-state index is -0.758. The maximum absolute atomic E-state index is 12.3. The summed E-state index contributed by atoms with van der Waals surface area (Å²) in [4.78, 5) is 41.2. The van der Waals surface area contributed by atoms with E-state index in [2.05, 4.69) is 26.1 Å². The summed E-state index contributed by atoms with van der Waals surface area (Å²) in [6.45, 7) is 0.0742. The number of non-ortho nitro benzene ring substituents is 1. The fourth-order valence-electron chi connectivity index (χ4n) is 2.79. The van der Waals surface area contributed by atoms with E-state index in [4.69, 9.17) is 9.47 Å². The largest absolute Gasteiger partial charge is 0.454 e. The summed E-state index contributed by atoms with van der Waals surface area (Å²) < 4.78 is 10.5. The van der Waals surface area contributed by atoms with Crippen LogP contribution in [0.15, 0.2) is 48.8 Å². The number of hydrogen-bond donors (Lipinski definition) is 3. The molecule has 0 spiro atoms. The van der Waals surface area contributed by atoms with Gasteiger partial charge in [0.1, 0.15) is 6.33 Å². The Morgan fingerprint density at radius 2 is 1.75 bits per heavy atom. The Labute approximate surface area is 178 Å². The molecule has 1 aliphatic heterocycles. The van der Waals surface area contributed by atoms with Crippen LogP contribution in [0.3, 0.4) is 0 Å². The number of ether oxygens (including phenoxy) is 2. The smallest absolute Gasteiger partial charge is 0.355 e. The molecule has 0 atom stereocenters. The highest BCUT2D eigenvalue weighted by molar-refractivity contribution is 5.95. The first-order valence-corrected chi connectivity index (χ1v) is 8.89. The summed E-state index contributed by atoms with van der Waals surface area (Å²) in [5.41, 5.74) is 4.20. The normalized spacial score (nSPS) is 11.5. The van der Waals surface area contributed by atoms with Gasteiger partial charge < -0.3 is 14.8 Å². The van der Waals surface area contributed by atoms with Gasteiger partial charge in [-0.3, -0.25) is 35.9 Å². The van der Waals surface area contributed by atoms with Crippen LogP contribution in [0.4, 0.5) is 28.7 Å². The summed E-state index contributed by atoms with van der Waals surface area (Å²) in [5, 5.41) is 25.3. The predicted octanol–water partition coefficient (Wildman–Crippen LogP) is 2.52. The molecule has 3 N–H and O–H groups in total. The van der Waals surface area contributed by atoms with Crippen LogP contribution >= 0.6 is 0 Å². The zero-order chi connectivity index (χ0) is 22.7. The van der Waals surface area contributed by atoms with Gasteiger partial charge >= 0.3 is 5.69 Å². The third-order valence-corrected chi connectivity index (χ3v) is 4.25. The number of benzene rings is 2. The Kier molecular flexibility index (Phi) is 5.31. The van der Waals surface area contributed by atoms with Gasteiger partial charge in [0.05, 0.1) is 9.85 Å². The number of rotatable bonds is 7. The van der Waals surface area contributed by atoms with Crippen LogP contribution in [0.5, 0.6) is 11.5 Å². The molecule has 14 nitrogen and oxygen atoms in total. The van der Waals surface area contributed by atoms with Crippen LogP contribution in [-0.2, 0) is 0 Å². The predicted molar refractivity (Wildman–Crippen MR) is 109 cm³/mol. The maximum atomic E-state index is 12.3. The first-order valence-electron chi connectivity index (χ1n) is 8.89. The van der Waals surface area contributed by atoms with E-state index in [1.807, 2.05) is 0 Å². The third kappa shape index (κ3) is 4.13. The first kappa shape index (κ1) is 20.3. The molecule has 1 aliphatic rings. The highest BCUT2D eigenvalue weighted by Gasteiger charge is 2.24. The van der Waals surface area contributed by atoms with Crippen molar-refractivity contribution in [2.45, 2.75) is 0 Å². The number of anilines is 3. The Hall–Kier alpha value is -5.01. The van der Waals surface area contributed by atoms with Crippen molar-refractivity contribution in [2.24, 2.45) is 0 Å². The molecule has 162 valence electrons. The van der Waals surface area contributed by atoms with Crippen molar-refractivity contribution in [3.8, 4) is 11.5 Å². The van der Waals surface area contributed by atoms with Crippen LogP contribution in [0.2, 0.25) is 0 Å². The van der Waals surface area contributed by atoms with E-state index in [-0.39, 0.29) is 29.7 Å². The summed E-state index contributed by atoms with van der Waals surface area (Å²) >= 11 is 0. The lowest BCUT2D eigenvalue weighted by Crippen LogP contribution is -2.30. The van der Waals surface area contributed by atoms with Crippen LogP contribution in [-0.4, -0.2) is 32.5 Å². The van der Waals surface area contributed by atoms with Gasteiger partial charge in [0, 0.05) is 29.4 Å². The van der Waals surface area contributed by atoms with Crippen molar-refractivity contribution in [3.63, 3.8) is 0 Å². The van der Waals surface area contributed by atoms with Gasteiger partial charge in [-0.1, -0.05) is 6.07 Å². The van der Waals surface area contributed by atoms with E-state index < -0.39 is 21.4 Å². The van der Waals surface area contributed by atoms with E-state index in [0.717, 1.165) is 12.4 Å². The number of carbonyl (C=O) groups is 1. The molecule has 0 saturated carbocycles. The molecule has 2 aromatic carbocycles. The molecule has 32 heavy (non-hydrogen) atoms. The minimum Gasteiger partial charge on any atom is -0.454 e. The molecule has 0 saturated heterocycles. The number of aromatic nitrogens is 2. The minimum absolute atomic E-state index is 0.0258. The molecule has 1 aromatic heterocycles. The maximum Gasteiger partial charge on any atom is 0.355 e. The Balaban J connectivity index is 1.54. The van der Waals surface area contributed by atoms with Crippen molar-refractivity contribution in [1.29, 1.82) is 0 Å². The molecule has 0 radical (unpaired) electrons. The third-order valence-electron chi connectivity index (χ3n) is 4.25. The van der Waals surface area contributed by atoms with Gasteiger partial charge in [-0.15, -0.1) is 0 Å². The Morgan fingerprint density at radius 3 is 2.53 bits per heavy atom. The number of carbonyl (C=O) groups excluding carboxylic acids is 1. The van der Waals surface area contributed by atoms with Crippen molar-refractivity contribution >= 4 is 34.6 Å². The molecule has 0 unspecified atom stereocenters. The quantitative estimate of drug-likeness (QED) is 0.363. The molecule has 3 aromatic rings. The van der Waals surface area contributed by atoms with Crippen LogP contribution in [0, 0.1) is 20.2 Å². The van der Waals surface area contributed by atoms with Crippen LogP contribution < -0.4 is 25.6 Å². The second kappa shape index (κ2) is 8.39. The standard InChI is InChI=1S/C18H13N7O7/c26-18(10-2-1-3-12(6-10)24(27)28)23-22-17-15(25(29)30)16(19-8-20-17)21-11-4-5-13-14(7-11)32-9-31-13/h1-8H,9H2,(H,23,26)(H2,19,20,21,22). The molecule has 2 heterocycles. The number of fused-ring (bicyclic) bond motifs is 1. The number of nitro groups is 2. The number of amides is 1. The number of hydrazine groups is 1. The lowest BCUT2D eigenvalue weighted by atomic mass is 10.2. The second-order valence-electron chi connectivity index (χ2n) is 6.26. The van der Waals surface area contributed by atoms with Gasteiger partial charge in [0.25, 0.3) is 11.6 Å². The fourth-order valence-corrected chi connectivity index (χ4v) is 2.79. The highest BCUT2D eigenvalue weighted by Crippen LogP contribution is 2.37. The van der Waals surface area contributed by atoms with Gasteiger partial charge in [0.15, 0.2) is 11.5 Å². The van der Waals surface area contributed by atoms with Gasteiger partial charge in [-0.2, -0.15) is 0 Å². The summed E-state index contributed by atoms with van der Waals surface area (Å²) in [6, 6.07) is 9.84. The van der Waals surface area contributed by atoms with E-state index in [9.17, 15) is 25.0 Å². The Bertz CT molecular complexity index is 1230. The van der Waals surface area contributed by atoms with Crippen molar-refractivity contribution < 1.29 is 24.1 Å². The lowest BCUT2D eigenvalue weighted by Gasteiger charge is -2.11. The average molecular weight is 439 g/mol. The van der Waals surface area contributed by atoms with Gasteiger partial charge in [0.2, 0.25) is 18.4 Å². The zero-order valence-corrected chi connectivity index (χ0v) is 16.0. The SMILES string of the molecule is O=C(NNc1ncnc(Nc2ccc3c(c2)OCO3)c1[N+](=O)[O-])c1cccc([N+](=O)[O-])c1. The molecule has 4 rings (SSSR count). The summed E-state index contributed by atoms with van der Waals surface area (Å²) in [5.74, 6) is -0.192. The van der Waals surface area contributed by atoms with Gasteiger partial charge in [-0.25, -0.2) is 9.97 Å². The van der Waals surface area contributed by atoms with Crippen molar-refractivity contribution in [3.05, 3.63) is 74.6 Å². The number of hydrogen-bond acceptors (Lipinski definition) is 11. The molecule has 0 fully saturated rings. The fraction of sp³-hybridized carbons (Fsp3) is 0.0556. The van der Waals surface area contributed by atoms with Crippen molar-refractivity contribution in [2.75, 3.05) is 17.5 Å². The molecular formula is C18H13N7O7. The summed E-state index contributed by atoms with van der Waals surface area (Å²) in [6.07, 6.45) is 1.06. The van der Waals surface area contributed by atoms with E-state index in [0.29, 0.717) is 17.2 Å². The van der Waals surface area contributed by atoms with Crippen molar-refractivity contribution in [1.82, 2.24) is 15.4 Å². The van der Waals surface area contributed by atoms with Crippen LogP contribution in [0.25, 0.3) is 0 Å².